The Morgan fingerprint density at radius 1 is 0.852 bits per heavy atom. The highest BCUT2D eigenvalue weighted by atomic mass is 16.5. The van der Waals surface area contributed by atoms with Gasteiger partial charge in [-0.15, -0.1) is 0 Å². The zero-order valence-corrected chi connectivity index (χ0v) is 14.7. The summed E-state index contributed by atoms with van der Waals surface area (Å²) >= 11 is 0. The number of ether oxygens (including phenoxy) is 1. The number of hydrogen-bond acceptors (Lipinski definition) is 3. The molecule has 0 aliphatic rings. The van der Waals surface area contributed by atoms with Gasteiger partial charge in [-0.05, 0) is 48.5 Å². The summed E-state index contributed by atoms with van der Waals surface area (Å²) in [6.45, 7) is -0.179. The predicted octanol–water partition coefficient (Wildman–Crippen LogP) is 4.20. The average molecular weight is 357 g/mol. The minimum absolute atomic E-state index is 0.0660. The van der Waals surface area contributed by atoms with Gasteiger partial charge in [-0.2, -0.15) is 0 Å². The molecule has 27 heavy (non-hydrogen) atoms. The summed E-state index contributed by atoms with van der Waals surface area (Å²) in [7, 11) is 0. The molecule has 0 radical (unpaired) electrons. The third-order valence-corrected chi connectivity index (χ3v) is 3.67. The van der Waals surface area contributed by atoms with Crippen LogP contribution in [0.25, 0.3) is 0 Å². The Bertz CT molecular complexity index is 954. The Kier molecular flexibility index (Phi) is 6.24. The van der Waals surface area contributed by atoms with Crippen LogP contribution in [0, 0.1) is 11.8 Å². The number of aliphatic hydroxyl groups excluding tert-OH is 1. The van der Waals surface area contributed by atoms with Crippen molar-refractivity contribution < 1.29 is 14.6 Å². The molecule has 134 valence electrons. The van der Waals surface area contributed by atoms with Gasteiger partial charge >= 0.3 is 0 Å². The molecule has 3 rings (SSSR count). The number of carbonyl (C=O) groups is 1. The summed E-state index contributed by atoms with van der Waals surface area (Å²) < 4.78 is 5.83. The van der Waals surface area contributed by atoms with E-state index in [0.29, 0.717) is 17.2 Å². The largest absolute Gasteiger partial charge is 0.457 e. The lowest BCUT2D eigenvalue weighted by atomic mass is 10.2. The fraction of sp³-hybridized carbons (Fsp3) is 0.0870. The van der Waals surface area contributed by atoms with E-state index < -0.39 is 0 Å². The van der Waals surface area contributed by atoms with E-state index in [1.165, 1.54) is 0 Å². The first-order valence-corrected chi connectivity index (χ1v) is 8.59. The van der Waals surface area contributed by atoms with E-state index in [1.54, 1.807) is 18.2 Å². The monoisotopic (exact) mass is 357 g/mol. The number of rotatable bonds is 5. The second-order valence-corrected chi connectivity index (χ2v) is 5.79. The molecule has 2 N–H and O–H groups in total. The maximum atomic E-state index is 11.6. The molecule has 0 fully saturated rings. The van der Waals surface area contributed by atoms with Crippen molar-refractivity contribution in [2.24, 2.45) is 0 Å². The van der Waals surface area contributed by atoms with E-state index in [2.05, 4.69) is 17.2 Å². The third-order valence-electron chi connectivity index (χ3n) is 3.67. The van der Waals surface area contributed by atoms with Gasteiger partial charge in [-0.25, -0.2) is 0 Å². The van der Waals surface area contributed by atoms with E-state index in [-0.39, 0.29) is 18.9 Å². The van der Waals surface area contributed by atoms with Gasteiger partial charge in [0.2, 0.25) is 5.91 Å². The fourth-order valence-corrected chi connectivity index (χ4v) is 2.37. The normalized spacial score (nSPS) is 9.81. The van der Waals surface area contributed by atoms with Crippen LogP contribution in [-0.4, -0.2) is 17.6 Å². The lowest BCUT2D eigenvalue weighted by Gasteiger charge is -2.09. The molecule has 3 aromatic carbocycles. The van der Waals surface area contributed by atoms with Gasteiger partial charge in [-0.3, -0.25) is 4.79 Å². The number of anilines is 1. The number of benzene rings is 3. The lowest BCUT2D eigenvalue weighted by molar-refractivity contribution is -0.116. The Balaban J connectivity index is 1.65. The van der Waals surface area contributed by atoms with Crippen LogP contribution in [-0.2, 0) is 4.79 Å². The van der Waals surface area contributed by atoms with Gasteiger partial charge in [0, 0.05) is 22.9 Å². The summed E-state index contributed by atoms with van der Waals surface area (Å²) in [5, 5.41) is 11.5. The molecule has 0 aliphatic carbocycles. The van der Waals surface area contributed by atoms with Gasteiger partial charge in [0.15, 0.2) is 0 Å². The molecule has 0 unspecified atom stereocenters. The average Bonchev–Trinajstić information content (AvgIpc) is 2.69. The Morgan fingerprint density at radius 2 is 1.56 bits per heavy atom. The zero-order valence-electron chi connectivity index (χ0n) is 14.7. The van der Waals surface area contributed by atoms with Crippen molar-refractivity contribution in [1.29, 1.82) is 0 Å². The second kappa shape index (κ2) is 9.23. The maximum absolute atomic E-state index is 11.6. The first-order chi connectivity index (χ1) is 13.2. The van der Waals surface area contributed by atoms with Crippen LogP contribution in [0.5, 0.6) is 11.5 Å². The van der Waals surface area contributed by atoms with Crippen molar-refractivity contribution in [2.45, 2.75) is 6.42 Å². The Labute approximate surface area is 158 Å². The molecule has 0 atom stereocenters. The summed E-state index contributed by atoms with van der Waals surface area (Å²) in [5.41, 5.74) is 2.49. The summed E-state index contributed by atoms with van der Waals surface area (Å²) in [6, 6.07) is 24.4. The number of hydrogen-bond donors (Lipinski definition) is 2. The maximum Gasteiger partial charge on any atom is 0.226 e. The summed E-state index contributed by atoms with van der Waals surface area (Å²) in [4.78, 5) is 11.6. The number of nitrogens with one attached hydrogen (secondary N) is 1. The molecule has 3 aromatic rings. The molecule has 4 heteroatoms. The summed E-state index contributed by atoms with van der Waals surface area (Å²) in [5.74, 6) is 7.29. The molecular formula is C23H19NO3. The molecule has 0 heterocycles. The van der Waals surface area contributed by atoms with Crippen molar-refractivity contribution >= 4 is 11.6 Å². The van der Waals surface area contributed by atoms with Crippen LogP contribution in [0.2, 0.25) is 0 Å². The van der Waals surface area contributed by atoms with Crippen LogP contribution in [0.1, 0.15) is 17.5 Å². The molecule has 0 bridgehead atoms. The molecule has 0 spiro atoms. The minimum Gasteiger partial charge on any atom is -0.457 e. The van der Waals surface area contributed by atoms with Crippen molar-refractivity contribution in [3.63, 3.8) is 0 Å². The third kappa shape index (κ3) is 5.74. The van der Waals surface area contributed by atoms with E-state index in [9.17, 15) is 4.79 Å². The lowest BCUT2D eigenvalue weighted by Crippen LogP contribution is -2.12. The van der Waals surface area contributed by atoms with Gasteiger partial charge in [-0.1, -0.05) is 36.1 Å². The molecule has 4 nitrogen and oxygen atoms in total. The fourth-order valence-electron chi connectivity index (χ4n) is 2.37. The minimum atomic E-state index is -0.240. The molecule has 0 aliphatic heterocycles. The topological polar surface area (TPSA) is 58.6 Å². The molecule has 0 aromatic heterocycles. The van der Waals surface area contributed by atoms with Crippen LogP contribution in [0.4, 0.5) is 5.69 Å². The molecule has 0 saturated carbocycles. The molecule has 1 amide bonds. The number of amides is 1. The Morgan fingerprint density at radius 3 is 2.26 bits per heavy atom. The van der Waals surface area contributed by atoms with E-state index in [1.807, 2.05) is 60.7 Å². The SMILES string of the molecule is O=C(CCO)Nc1cccc(Oc2ccc(C#Cc3ccccc3)cc2)c1. The number of aliphatic hydroxyl groups is 1. The van der Waals surface area contributed by atoms with Gasteiger partial charge < -0.3 is 15.2 Å². The zero-order chi connectivity index (χ0) is 18.9. The van der Waals surface area contributed by atoms with Crippen LogP contribution < -0.4 is 10.1 Å². The van der Waals surface area contributed by atoms with Crippen molar-refractivity contribution in [1.82, 2.24) is 0 Å². The van der Waals surface area contributed by atoms with Crippen LogP contribution >= 0.6 is 0 Å². The van der Waals surface area contributed by atoms with E-state index in [0.717, 1.165) is 11.1 Å². The van der Waals surface area contributed by atoms with Crippen LogP contribution in [0.3, 0.4) is 0 Å². The van der Waals surface area contributed by atoms with Crippen molar-refractivity contribution in [2.75, 3.05) is 11.9 Å². The van der Waals surface area contributed by atoms with Gasteiger partial charge in [0.05, 0.1) is 13.0 Å². The second-order valence-electron chi connectivity index (χ2n) is 5.79. The smallest absolute Gasteiger partial charge is 0.226 e. The van der Waals surface area contributed by atoms with E-state index >= 15 is 0 Å². The highest BCUT2D eigenvalue weighted by Gasteiger charge is 2.03. The Hall–Kier alpha value is -3.55. The molecule has 0 saturated heterocycles. The van der Waals surface area contributed by atoms with Crippen molar-refractivity contribution in [3.05, 3.63) is 90.0 Å². The first-order valence-electron chi connectivity index (χ1n) is 8.59. The summed E-state index contributed by atoms with van der Waals surface area (Å²) in [6.07, 6.45) is 0.0660. The van der Waals surface area contributed by atoms with Gasteiger partial charge in [0.1, 0.15) is 11.5 Å². The highest BCUT2D eigenvalue weighted by molar-refractivity contribution is 5.90. The molecular weight excluding hydrogens is 338 g/mol. The quantitative estimate of drug-likeness (QED) is 0.673. The van der Waals surface area contributed by atoms with Crippen molar-refractivity contribution in [3.8, 4) is 23.3 Å². The standard InChI is InChI=1S/C23H19NO3/c25-16-15-23(26)24-20-7-4-8-22(17-20)27-21-13-11-19(12-14-21)10-9-18-5-2-1-3-6-18/h1-8,11-14,17,25H,15-16H2,(H,24,26). The highest BCUT2D eigenvalue weighted by Crippen LogP contribution is 2.24. The first kappa shape index (κ1) is 18.2. The number of carbonyl (C=O) groups excluding carboxylic acids is 1. The van der Waals surface area contributed by atoms with E-state index in [4.69, 9.17) is 9.84 Å². The van der Waals surface area contributed by atoms with Gasteiger partial charge in [0.25, 0.3) is 0 Å². The van der Waals surface area contributed by atoms with Crippen LogP contribution in [0.15, 0.2) is 78.9 Å². The predicted molar refractivity (Wildman–Crippen MR) is 106 cm³/mol.